The summed E-state index contributed by atoms with van der Waals surface area (Å²) in [5.41, 5.74) is 1.29. The number of carboxylic acid groups (broad SMARTS) is 1. The summed E-state index contributed by atoms with van der Waals surface area (Å²) < 4.78 is 0.858. The van der Waals surface area contributed by atoms with Crippen LogP contribution in [0.4, 0.5) is 0 Å². The lowest BCUT2D eigenvalue weighted by Crippen LogP contribution is -1.99. The van der Waals surface area contributed by atoms with Crippen LogP contribution in [0.25, 0.3) is 0 Å². The molecule has 2 rings (SSSR count). The number of carbonyl (C=O) groups is 1. The first kappa shape index (κ1) is 11.2. The molecule has 1 N–H and O–H groups in total. The first-order valence-electron chi connectivity index (χ1n) is 4.58. The number of thiazole rings is 1. The lowest BCUT2D eigenvalue weighted by Gasteiger charge is -2.06. The molecule has 0 saturated carbocycles. The van der Waals surface area contributed by atoms with E-state index in [1.807, 2.05) is 18.4 Å². The van der Waals surface area contributed by atoms with E-state index in [2.05, 4.69) is 4.98 Å². The Morgan fingerprint density at radius 3 is 2.94 bits per heavy atom. The summed E-state index contributed by atoms with van der Waals surface area (Å²) in [7, 11) is 0. The highest BCUT2D eigenvalue weighted by atomic mass is 32.2. The number of rotatable bonds is 3. The Balaban J connectivity index is 2.42. The van der Waals surface area contributed by atoms with Crippen molar-refractivity contribution < 1.29 is 9.90 Å². The van der Waals surface area contributed by atoms with E-state index in [4.69, 9.17) is 5.11 Å². The third-order valence-corrected chi connectivity index (χ3v) is 4.17. The molecule has 0 fully saturated rings. The Bertz CT molecular complexity index is 509. The SMILES string of the molecule is Cc1cccc(C(=O)O)c1Sc1nccs1. The average Bonchev–Trinajstić information content (AvgIpc) is 2.73. The highest BCUT2D eigenvalue weighted by molar-refractivity contribution is 8.01. The molecule has 0 radical (unpaired) electrons. The van der Waals surface area contributed by atoms with Crippen LogP contribution in [-0.2, 0) is 0 Å². The zero-order valence-corrected chi connectivity index (χ0v) is 10.1. The van der Waals surface area contributed by atoms with Crippen LogP contribution in [0.3, 0.4) is 0 Å². The molecule has 3 nitrogen and oxygen atoms in total. The van der Waals surface area contributed by atoms with E-state index in [-0.39, 0.29) is 0 Å². The van der Waals surface area contributed by atoms with E-state index in [1.165, 1.54) is 23.1 Å². The maximum absolute atomic E-state index is 11.1. The molecule has 0 aliphatic heterocycles. The van der Waals surface area contributed by atoms with Crippen LogP contribution in [-0.4, -0.2) is 16.1 Å². The standard InChI is InChI=1S/C11H9NO2S2/c1-7-3-2-4-8(10(13)14)9(7)16-11-12-5-6-15-11/h2-6H,1H3,(H,13,14). The summed E-state index contributed by atoms with van der Waals surface area (Å²) in [5.74, 6) is -0.900. The second-order valence-corrected chi connectivity index (χ2v) is 5.31. The van der Waals surface area contributed by atoms with Crippen molar-refractivity contribution in [3.05, 3.63) is 40.9 Å². The van der Waals surface area contributed by atoms with E-state index in [0.29, 0.717) is 5.56 Å². The number of hydrogen-bond acceptors (Lipinski definition) is 4. The molecule has 0 amide bonds. The van der Waals surface area contributed by atoms with E-state index in [9.17, 15) is 4.79 Å². The van der Waals surface area contributed by atoms with Crippen molar-refractivity contribution >= 4 is 29.1 Å². The Labute approximate surface area is 101 Å². The second-order valence-electron chi connectivity index (χ2n) is 3.16. The first-order chi connectivity index (χ1) is 7.68. The van der Waals surface area contributed by atoms with Gasteiger partial charge in [0.15, 0.2) is 4.34 Å². The van der Waals surface area contributed by atoms with Crippen LogP contribution in [0.1, 0.15) is 15.9 Å². The van der Waals surface area contributed by atoms with Gasteiger partial charge in [0.05, 0.1) is 5.56 Å². The van der Waals surface area contributed by atoms with E-state index >= 15 is 0 Å². The monoisotopic (exact) mass is 251 g/mol. The van der Waals surface area contributed by atoms with Crippen molar-refractivity contribution in [1.82, 2.24) is 4.98 Å². The van der Waals surface area contributed by atoms with Gasteiger partial charge >= 0.3 is 5.97 Å². The average molecular weight is 251 g/mol. The van der Waals surface area contributed by atoms with Crippen molar-refractivity contribution in [2.45, 2.75) is 16.2 Å². The fourth-order valence-corrected chi connectivity index (χ4v) is 3.06. The van der Waals surface area contributed by atoms with Crippen molar-refractivity contribution in [2.24, 2.45) is 0 Å². The third-order valence-electron chi connectivity index (χ3n) is 2.04. The van der Waals surface area contributed by atoms with Gasteiger partial charge < -0.3 is 5.11 Å². The molecule has 1 aromatic heterocycles. The molecular formula is C11H9NO2S2. The molecule has 0 bridgehead atoms. The minimum absolute atomic E-state index is 0.334. The van der Waals surface area contributed by atoms with Crippen LogP contribution in [0.15, 0.2) is 39.0 Å². The topological polar surface area (TPSA) is 50.2 Å². The normalized spacial score (nSPS) is 10.3. The molecular weight excluding hydrogens is 242 g/mol. The van der Waals surface area contributed by atoms with Gasteiger partial charge in [-0.15, -0.1) is 11.3 Å². The Morgan fingerprint density at radius 1 is 1.50 bits per heavy atom. The summed E-state index contributed by atoms with van der Waals surface area (Å²) in [6.45, 7) is 1.91. The van der Waals surface area contributed by atoms with Crippen molar-refractivity contribution in [2.75, 3.05) is 0 Å². The lowest BCUT2D eigenvalue weighted by molar-refractivity contribution is 0.0693. The number of nitrogens with zero attached hydrogens (tertiary/aromatic N) is 1. The number of hydrogen-bond donors (Lipinski definition) is 1. The lowest BCUT2D eigenvalue weighted by atomic mass is 10.1. The van der Waals surface area contributed by atoms with Gasteiger partial charge in [-0.3, -0.25) is 0 Å². The third kappa shape index (κ3) is 2.25. The predicted molar refractivity (Wildman–Crippen MR) is 64.4 cm³/mol. The Kier molecular flexibility index (Phi) is 3.26. The summed E-state index contributed by atoms with van der Waals surface area (Å²) >= 11 is 2.91. The summed E-state index contributed by atoms with van der Waals surface area (Å²) in [5, 5.41) is 11.0. The van der Waals surface area contributed by atoms with Crippen molar-refractivity contribution in [1.29, 1.82) is 0 Å². The molecule has 82 valence electrons. The first-order valence-corrected chi connectivity index (χ1v) is 6.28. The molecule has 0 atom stereocenters. The number of benzene rings is 1. The number of aryl methyl sites for hydroxylation is 1. The van der Waals surface area contributed by atoms with Crippen LogP contribution in [0, 0.1) is 6.92 Å². The molecule has 2 aromatic rings. The Morgan fingerprint density at radius 2 is 2.31 bits per heavy atom. The fraction of sp³-hybridized carbons (Fsp3) is 0.0909. The van der Waals surface area contributed by atoms with E-state index in [0.717, 1.165) is 14.8 Å². The van der Waals surface area contributed by atoms with E-state index in [1.54, 1.807) is 18.3 Å². The van der Waals surface area contributed by atoms with Crippen LogP contribution >= 0.6 is 23.1 Å². The summed E-state index contributed by atoms with van der Waals surface area (Å²) in [6.07, 6.45) is 1.71. The summed E-state index contributed by atoms with van der Waals surface area (Å²) in [6, 6.07) is 5.28. The molecule has 5 heteroatoms. The van der Waals surface area contributed by atoms with Crippen molar-refractivity contribution in [3.63, 3.8) is 0 Å². The largest absolute Gasteiger partial charge is 0.478 e. The number of carboxylic acids is 1. The van der Waals surface area contributed by atoms with Crippen LogP contribution in [0.5, 0.6) is 0 Å². The fourth-order valence-electron chi connectivity index (χ4n) is 1.30. The quantitative estimate of drug-likeness (QED) is 0.909. The molecule has 1 heterocycles. The van der Waals surface area contributed by atoms with Gasteiger partial charge in [-0.25, -0.2) is 9.78 Å². The van der Waals surface area contributed by atoms with Gasteiger partial charge in [-0.2, -0.15) is 0 Å². The molecule has 0 unspecified atom stereocenters. The smallest absolute Gasteiger partial charge is 0.336 e. The van der Waals surface area contributed by atoms with Gasteiger partial charge in [0.2, 0.25) is 0 Å². The van der Waals surface area contributed by atoms with Crippen molar-refractivity contribution in [3.8, 4) is 0 Å². The second kappa shape index (κ2) is 4.67. The molecule has 0 aliphatic rings. The zero-order valence-electron chi connectivity index (χ0n) is 8.51. The maximum Gasteiger partial charge on any atom is 0.336 e. The molecule has 16 heavy (non-hydrogen) atoms. The minimum atomic E-state index is -0.900. The van der Waals surface area contributed by atoms with E-state index < -0.39 is 5.97 Å². The molecule has 0 spiro atoms. The zero-order chi connectivity index (χ0) is 11.5. The van der Waals surface area contributed by atoms with Gasteiger partial charge in [0, 0.05) is 16.5 Å². The van der Waals surface area contributed by atoms with Gasteiger partial charge in [-0.05, 0) is 18.6 Å². The Hall–Kier alpha value is -1.33. The predicted octanol–water partition coefficient (Wildman–Crippen LogP) is 3.30. The minimum Gasteiger partial charge on any atom is -0.478 e. The van der Waals surface area contributed by atoms with Gasteiger partial charge in [0.1, 0.15) is 0 Å². The number of aromatic nitrogens is 1. The highest BCUT2D eigenvalue weighted by Gasteiger charge is 2.13. The highest BCUT2D eigenvalue weighted by Crippen LogP contribution is 2.34. The van der Waals surface area contributed by atoms with Crippen LogP contribution < -0.4 is 0 Å². The maximum atomic E-state index is 11.1. The molecule has 1 aromatic carbocycles. The van der Waals surface area contributed by atoms with Gasteiger partial charge in [0.25, 0.3) is 0 Å². The molecule has 0 aliphatic carbocycles. The summed E-state index contributed by atoms with van der Waals surface area (Å²) in [4.78, 5) is 16.0. The van der Waals surface area contributed by atoms with Crippen LogP contribution in [0.2, 0.25) is 0 Å². The molecule has 0 saturated heterocycles. The number of aromatic carboxylic acids is 1. The van der Waals surface area contributed by atoms with Gasteiger partial charge in [-0.1, -0.05) is 23.9 Å².